The summed E-state index contributed by atoms with van der Waals surface area (Å²) in [7, 11) is -1.31. The molecule has 0 aliphatic carbocycles. The van der Waals surface area contributed by atoms with Crippen molar-refractivity contribution in [2.45, 2.75) is 71.6 Å². The first kappa shape index (κ1) is 36.1. The van der Waals surface area contributed by atoms with Gasteiger partial charge >= 0.3 is 12.7 Å². The Balaban J connectivity index is 0. The highest BCUT2D eigenvalue weighted by atomic mass is 35.5. The summed E-state index contributed by atoms with van der Waals surface area (Å²) in [6, 6.07) is 10.6. The average molecular weight is 567 g/mol. The van der Waals surface area contributed by atoms with Crippen LogP contribution in [0.15, 0.2) is 48.5 Å². The van der Waals surface area contributed by atoms with E-state index in [2.05, 4.69) is 14.2 Å². The summed E-state index contributed by atoms with van der Waals surface area (Å²) in [4.78, 5) is 0. The van der Waals surface area contributed by atoms with E-state index < -0.39 is 28.5 Å². The lowest BCUT2D eigenvalue weighted by Gasteiger charge is -2.22. The van der Waals surface area contributed by atoms with E-state index in [4.69, 9.17) is 5.73 Å². The predicted octanol–water partition coefficient (Wildman–Crippen LogP) is 7.36. The van der Waals surface area contributed by atoms with Gasteiger partial charge in [-0.1, -0.05) is 31.7 Å². The third kappa shape index (κ3) is 14.5. The molecule has 0 aliphatic heterocycles. The molecule has 0 aromatic heterocycles. The minimum absolute atomic E-state index is 0. The number of ether oxygens (including phenoxy) is 2. The molecule has 208 valence electrons. The molecule has 0 unspecified atom stereocenters. The van der Waals surface area contributed by atoms with Crippen molar-refractivity contribution in [2.75, 3.05) is 0 Å². The van der Waals surface area contributed by atoms with Crippen LogP contribution in [-0.2, 0) is 11.0 Å². The van der Waals surface area contributed by atoms with Crippen LogP contribution in [0.1, 0.15) is 65.3 Å². The smallest absolute Gasteiger partial charge is 0.406 e. The highest BCUT2D eigenvalue weighted by Gasteiger charge is 2.32. The van der Waals surface area contributed by atoms with E-state index >= 15 is 0 Å². The van der Waals surface area contributed by atoms with E-state index in [1.54, 1.807) is 26.0 Å². The summed E-state index contributed by atoms with van der Waals surface area (Å²) in [6.07, 6.45) is -9.38. The van der Waals surface area contributed by atoms with Crippen LogP contribution in [0.2, 0.25) is 0 Å². The van der Waals surface area contributed by atoms with Gasteiger partial charge in [0.15, 0.2) is 0 Å². The van der Waals surface area contributed by atoms with Gasteiger partial charge in [0.1, 0.15) is 11.5 Å². The Morgan fingerprint density at radius 1 is 0.833 bits per heavy atom. The molecule has 0 heterocycles. The van der Waals surface area contributed by atoms with E-state index in [0.29, 0.717) is 11.1 Å². The van der Waals surface area contributed by atoms with Crippen LogP contribution in [0.25, 0.3) is 0 Å². The molecule has 3 N–H and O–H groups in total. The molecule has 2 aromatic carbocycles. The Morgan fingerprint density at radius 3 is 1.58 bits per heavy atom. The molecule has 0 aliphatic rings. The average Bonchev–Trinajstić information content (AvgIpc) is 2.65. The number of halogens is 7. The van der Waals surface area contributed by atoms with E-state index in [1.165, 1.54) is 36.4 Å². The summed E-state index contributed by atoms with van der Waals surface area (Å²) >= 11 is 0. The predicted molar refractivity (Wildman–Crippen MR) is 132 cm³/mol. The van der Waals surface area contributed by atoms with Crippen molar-refractivity contribution < 1.29 is 40.0 Å². The number of hydrogen-bond acceptors (Lipinski definition) is 4. The maximum absolute atomic E-state index is 12.2. The van der Waals surface area contributed by atoms with Crippen LogP contribution in [0, 0.1) is 0 Å². The fourth-order valence-electron chi connectivity index (χ4n) is 2.38. The third-order valence-corrected chi connectivity index (χ3v) is 5.73. The molecule has 0 saturated heterocycles. The zero-order valence-corrected chi connectivity index (χ0v) is 21.3. The van der Waals surface area contributed by atoms with Crippen molar-refractivity contribution in [1.82, 2.24) is 4.72 Å². The molecule has 3 atom stereocenters. The molecule has 2 aromatic rings. The summed E-state index contributed by atoms with van der Waals surface area (Å²) < 4.78 is 93.9. The second kappa shape index (κ2) is 14.7. The highest BCUT2D eigenvalue weighted by molar-refractivity contribution is 7.84. The lowest BCUT2D eigenvalue weighted by atomic mass is 10.1. The third-order valence-electron chi connectivity index (χ3n) is 4.05. The van der Waals surface area contributed by atoms with E-state index in [1.807, 2.05) is 20.8 Å². The number of alkyl halides is 6. The van der Waals surface area contributed by atoms with Crippen molar-refractivity contribution in [3.05, 3.63) is 59.7 Å². The van der Waals surface area contributed by atoms with Crippen molar-refractivity contribution in [2.24, 2.45) is 5.73 Å². The second-order valence-corrected chi connectivity index (χ2v) is 10.2. The van der Waals surface area contributed by atoms with Crippen molar-refractivity contribution >= 4 is 23.4 Å². The minimum atomic E-state index is -4.72. The molecular formula is C23H33ClF6N2O3S. The number of rotatable bonds is 6. The zero-order chi connectivity index (χ0) is 26.3. The number of nitrogens with two attached hydrogens (primary N) is 1. The largest absolute Gasteiger partial charge is 0.573 e. The summed E-state index contributed by atoms with van der Waals surface area (Å²) in [6.45, 7) is 8.85. The molecule has 0 bridgehead atoms. The quantitative estimate of drug-likeness (QED) is 0.358. The van der Waals surface area contributed by atoms with Crippen molar-refractivity contribution in [3.63, 3.8) is 0 Å². The zero-order valence-electron chi connectivity index (χ0n) is 19.7. The van der Waals surface area contributed by atoms with Crippen LogP contribution in [0.3, 0.4) is 0 Å². The molecule has 0 amide bonds. The fourth-order valence-corrected chi connectivity index (χ4v) is 3.19. The van der Waals surface area contributed by atoms with Gasteiger partial charge in [-0.2, -0.15) is 0 Å². The van der Waals surface area contributed by atoms with Gasteiger partial charge in [0.05, 0.1) is 15.7 Å². The van der Waals surface area contributed by atoms with Gasteiger partial charge < -0.3 is 15.2 Å². The first-order valence-electron chi connectivity index (χ1n) is 10.0. The maximum Gasteiger partial charge on any atom is 0.573 e. The van der Waals surface area contributed by atoms with Gasteiger partial charge in [-0.05, 0) is 70.0 Å². The molecule has 0 saturated carbocycles. The molecular weight excluding hydrogens is 534 g/mol. The number of benzene rings is 2. The Labute approximate surface area is 216 Å². The van der Waals surface area contributed by atoms with Gasteiger partial charge in [0.25, 0.3) is 0 Å². The fraction of sp³-hybridized carbons (Fsp3) is 0.478. The van der Waals surface area contributed by atoms with Crippen LogP contribution in [0.4, 0.5) is 26.3 Å². The molecule has 0 spiro atoms. The standard InChI is InChI=1S/C13H18F3NO2S.C9H10F3NO.CH4.ClH/c1-9(17-20(18)12(2,3)4)10-6-5-7-11(8-10)19-13(14,15)16;1-6(13)7-3-2-4-8(5-7)14-9(10,11)12;;/h5-9,17H,1-4H3;2-6H,13H2,1H3;1H4;1H/t9-,20+;6-;;/m00../s1. The van der Waals surface area contributed by atoms with Crippen LogP contribution in [-0.4, -0.2) is 21.7 Å². The molecule has 2 rings (SSSR count). The first-order valence-corrected chi connectivity index (χ1v) is 11.2. The topological polar surface area (TPSA) is 73.6 Å². The lowest BCUT2D eigenvalue weighted by Crippen LogP contribution is -2.34. The van der Waals surface area contributed by atoms with E-state index in [9.17, 15) is 30.6 Å². The number of hydrogen-bond donors (Lipinski definition) is 2. The maximum atomic E-state index is 12.2. The Hall–Kier alpha value is -2.02. The second-order valence-electron chi connectivity index (χ2n) is 8.25. The van der Waals surface area contributed by atoms with Gasteiger partial charge in [0.2, 0.25) is 0 Å². The van der Waals surface area contributed by atoms with Crippen LogP contribution < -0.4 is 19.9 Å². The SMILES string of the molecule is C.C[C@H](N)c1cccc(OC(F)(F)F)c1.C[C@H](N[S@](=O)C(C)(C)C)c1cccc(OC(F)(F)F)c1.Cl. The lowest BCUT2D eigenvalue weighted by molar-refractivity contribution is -0.275. The van der Waals surface area contributed by atoms with Gasteiger partial charge in [-0.3, -0.25) is 0 Å². The molecule has 5 nitrogen and oxygen atoms in total. The Kier molecular flexibility index (Phi) is 14.7. The van der Waals surface area contributed by atoms with Crippen LogP contribution >= 0.6 is 12.4 Å². The van der Waals surface area contributed by atoms with Crippen molar-refractivity contribution in [1.29, 1.82) is 0 Å². The normalized spacial score (nSPS) is 14.1. The Morgan fingerprint density at radius 2 is 1.22 bits per heavy atom. The first-order chi connectivity index (χ1) is 15.4. The number of nitrogens with one attached hydrogen (secondary N) is 1. The summed E-state index contributed by atoms with van der Waals surface area (Å²) in [5.41, 5.74) is 6.69. The van der Waals surface area contributed by atoms with E-state index in [0.717, 1.165) is 0 Å². The monoisotopic (exact) mass is 566 g/mol. The van der Waals surface area contributed by atoms with Crippen LogP contribution in [0.5, 0.6) is 11.5 Å². The van der Waals surface area contributed by atoms with Gasteiger partial charge in [-0.15, -0.1) is 38.7 Å². The Bertz CT molecular complexity index is 950. The molecule has 0 fully saturated rings. The summed E-state index contributed by atoms with van der Waals surface area (Å²) in [5.74, 6) is -0.530. The molecule has 0 radical (unpaired) electrons. The van der Waals surface area contributed by atoms with Crippen molar-refractivity contribution in [3.8, 4) is 11.5 Å². The molecule has 36 heavy (non-hydrogen) atoms. The minimum Gasteiger partial charge on any atom is -0.406 e. The summed E-state index contributed by atoms with van der Waals surface area (Å²) in [5, 5.41) is 0. The highest BCUT2D eigenvalue weighted by Crippen LogP contribution is 2.26. The van der Waals surface area contributed by atoms with E-state index in [-0.39, 0.29) is 43.4 Å². The van der Waals surface area contributed by atoms with Gasteiger partial charge in [-0.25, -0.2) is 8.93 Å². The molecule has 13 heteroatoms. The van der Waals surface area contributed by atoms with Gasteiger partial charge in [0, 0.05) is 12.1 Å².